The lowest BCUT2D eigenvalue weighted by molar-refractivity contribution is -0.137. The zero-order valence-electron chi connectivity index (χ0n) is 13.5. The van der Waals surface area contributed by atoms with Crippen LogP contribution in [0.15, 0.2) is 40.6 Å². The molecule has 4 nitrogen and oxygen atoms in total. The Hall–Kier alpha value is -1.93. The summed E-state index contributed by atoms with van der Waals surface area (Å²) in [5, 5.41) is 0.782. The molecular weight excluding hydrogens is 351 g/mol. The molecule has 0 N–H and O–H groups in total. The second kappa shape index (κ2) is 7.53. The molecule has 0 spiro atoms. The van der Waals surface area contributed by atoms with Gasteiger partial charge in [-0.25, -0.2) is 9.98 Å². The van der Waals surface area contributed by atoms with Crippen LogP contribution in [0.1, 0.15) is 18.9 Å². The van der Waals surface area contributed by atoms with Gasteiger partial charge in [-0.15, -0.1) is 0 Å². The molecule has 1 radical (unpaired) electrons. The minimum Gasteiger partial charge on any atom is -0.380 e. The number of hydrogen-bond acceptors (Lipinski definition) is 4. The van der Waals surface area contributed by atoms with Crippen LogP contribution in [-0.4, -0.2) is 28.7 Å². The number of pyridine rings is 2. The van der Waals surface area contributed by atoms with Crippen molar-refractivity contribution < 1.29 is 17.9 Å². The van der Waals surface area contributed by atoms with Crippen molar-refractivity contribution in [3.63, 3.8) is 0 Å². The first-order valence-electron chi connectivity index (χ1n) is 7.76. The number of rotatable bonds is 6. The fourth-order valence-electron chi connectivity index (χ4n) is 2.30. The normalized spacial score (nSPS) is 17.7. The van der Waals surface area contributed by atoms with Gasteiger partial charge in [0.15, 0.2) is 0 Å². The number of thiol groups is 1. The molecule has 1 atom stereocenters. The van der Waals surface area contributed by atoms with Gasteiger partial charge in [-0.1, -0.05) is 6.92 Å². The van der Waals surface area contributed by atoms with Gasteiger partial charge >= 0.3 is 6.18 Å². The Bertz CT molecular complexity index is 780. The van der Waals surface area contributed by atoms with Crippen molar-refractivity contribution in [1.29, 1.82) is 0 Å². The molecule has 1 aliphatic rings. The second-order valence-corrected chi connectivity index (χ2v) is 7.24. The Balaban J connectivity index is 1.82. The Morgan fingerprint density at radius 3 is 2.84 bits per heavy atom. The van der Waals surface area contributed by atoms with Crippen LogP contribution in [0.4, 0.5) is 18.9 Å². The third-order valence-electron chi connectivity index (χ3n) is 3.52. The van der Waals surface area contributed by atoms with Gasteiger partial charge in [-0.3, -0.25) is 4.98 Å². The molecule has 133 valence electrons. The summed E-state index contributed by atoms with van der Waals surface area (Å²) < 4.78 is 44.1. The van der Waals surface area contributed by atoms with Gasteiger partial charge in [0.1, 0.15) is 5.03 Å². The summed E-state index contributed by atoms with van der Waals surface area (Å²) in [4.78, 5) is 12.6. The minimum atomic E-state index is -4.43. The number of alkyl halides is 3. The maximum absolute atomic E-state index is 12.9. The number of nitrogens with zero attached hydrogens (tertiary/aromatic N) is 3. The predicted octanol–water partition coefficient (Wildman–Crippen LogP) is 4.78. The molecule has 2 aromatic rings. The van der Waals surface area contributed by atoms with E-state index in [4.69, 9.17) is 4.74 Å². The zero-order chi connectivity index (χ0) is 17.9. The fourth-order valence-corrected chi connectivity index (χ4v) is 3.81. The molecule has 0 bridgehead atoms. The minimum absolute atomic E-state index is 0.335. The van der Waals surface area contributed by atoms with Crippen LogP contribution in [-0.2, 0) is 10.9 Å². The van der Waals surface area contributed by atoms with Crippen molar-refractivity contribution in [3.05, 3.63) is 41.9 Å². The van der Waals surface area contributed by atoms with Crippen molar-refractivity contribution >= 4 is 22.1 Å². The van der Waals surface area contributed by atoms with Crippen LogP contribution >= 0.6 is 10.9 Å². The van der Waals surface area contributed by atoms with Crippen LogP contribution in [0.3, 0.4) is 0 Å². The van der Waals surface area contributed by atoms with E-state index in [1.807, 2.05) is 18.2 Å². The first-order chi connectivity index (χ1) is 12.0. The van der Waals surface area contributed by atoms with Crippen LogP contribution in [0, 0.1) is 5.75 Å². The van der Waals surface area contributed by atoms with Gasteiger partial charge in [0.2, 0.25) is 0 Å². The first kappa shape index (κ1) is 17.9. The molecular formula is C17H17F3N3OS. The number of halogens is 3. The molecule has 3 rings (SSSR count). The van der Waals surface area contributed by atoms with E-state index < -0.39 is 22.6 Å². The Morgan fingerprint density at radius 2 is 2.08 bits per heavy atom. The van der Waals surface area contributed by atoms with E-state index in [1.165, 1.54) is 6.20 Å². The highest BCUT2D eigenvalue weighted by Gasteiger charge is 2.31. The highest BCUT2D eigenvalue weighted by atomic mass is 32.2. The van der Waals surface area contributed by atoms with Crippen molar-refractivity contribution in [2.45, 2.75) is 24.5 Å². The van der Waals surface area contributed by atoms with Crippen LogP contribution in [0.5, 0.6) is 0 Å². The molecule has 0 amide bonds. The SMILES string of the molecule is CCCOC[CH][SH]1C=Nc2ccc(-c3cncc(C(F)(F)F)c3)nc21. The van der Waals surface area contributed by atoms with Gasteiger partial charge in [0, 0.05) is 35.9 Å². The van der Waals surface area contributed by atoms with Gasteiger partial charge in [-0.2, -0.15) is 24.1 Å². The summed E-state index contributed by atoms with van der Waals surface area (Å²) in [5.41, 5.74) is 2.59. The van der Waals surface area contributed by atoms with Crippen molar-refractivity contribution in [2.24, 2.45) is 4.99 Å². The molecule has 0 aromatic carbocycles. The lowest BCUT2D eigenvalue weighted by Gasteiger charge is -2.14. The molecule has 3 heterocycles. The number of aromatic nitrogens is 2. The van der Waals surface area contributed by atoms with Crippen LogP contribution in [0.25, 0.3) is 11.3 Å². The van der Waals surface area contributed by atoms with E-state index in [1.54, 1.807) is 12.1 Å². The van der Waals surface area contributed by atoms with Gasteiger partial charge < -0.3 is 4.74 Å². The lowest BCUT2D eigenvalue weighted by Crippen LogP contribution is -2.05. The van der Waals surface area contributed by atoms with Crippen molar-refractivity contribution in [3.8, 4) is 11.3 Å². The van der Waals surface area contributed by atoms with E-state index in [0.29, 0.717) is 24.5 Å². The van der Waals surface area contributed by atoms with Gasteiger partial charge in [0.25, 0.3) is 0 Å². The third-order valence-corrected chi connectivity index (χ3v) is 5.24. The standard InChI is InChI=1S/C17H17F3N3OS/c1-2-5-24-6-7-25-11-22-15-4-3-14(23-16(15)25)12-8-13(10-21-9-12)17(18,19)20/h3-4,7-11,25H,2,5-6H2,1H3. The molecule has 1 unspecified atom stereocenters. The predicted molar refractivity (Wildman–Crippen MR) is 93.3 cm³/mol. The summed E-state index contributed by atoms with van der Waals surface area (Å²) in [6.45, 7) is 3.23. The summed E-state index contributed by atoms with van der Waals surface area (Å²) in [6.07, 6.45) is -1.29. The Labute approximate surface area is 146 Å². The smallest absolute Gasteiger partial charge is 0.380 e. The molecule has 0 saturated carbocycles. The number of aliphatic imine (C=N–C) groups is 1. The second-order valence-electron chi connectivity index (χ2n) is 5.41. The quantitative estimate of drug-likeness (QED) is 0.589. The number of hydrogen-bond donors (Lipinski definition) is 1. The monoisotopic (exact) mass is 368 g/mol. The van der Waals surface area contributed by atoms with E-state index in [0.717, 1.165) is 29.4 Å². The highest BCUT2D eigenvalue weighted by Crippen LogP contribution is 2.47. The summed E-state index contributed by atoms with van der Waals surface area (Å²) in [6, 6.07) is 4.51. The van der Waals surface area contributed by atoms with E-state index >= 15 is 0 Å². The van der Waals surface area contributed by atoms with E-state index in [2.05, 4.69) is 15.0 Å². The van der Waals surface area contributed by atoms with E-state index in [-0.39, 0.29) is 0 Å². The molecule has 1 aliphatic heterocycles. The topological polar surface area (TPSA) is 47.4 Å². The number of fused-ring (bicyclic) bond motifs is 1. The fraction of sp³-hybridized carbons (Fsp3) is 0.294. The highest BCUT2D eigenvalue weighted by molar-refractivity contribution is 8.30. The lowest BCUT2D eigenvalue weighted by atomic mass is 10.1. The summed E-state index contributed by atoms with van der Waals surface area (Å²) in [7, 11) is -0.810. The molecule has 25 heavy (non-hydrogen) atoms. The van der Waals surface area contributed by atoms with E-state index in [9.17, 15) is 13.2 Å². The molecule has 0 fully saturated rings. The van der Waals surface area contributed by atoms with Gasteiger partial charge in [-0.05, 0) is 24.6 Å². The molecule has 8 heteroatoms. The molecule has 0 saturated heterocycles. The average molecular weight is 368 g/mol. The van der Waals surface area contributed by atoms with Crippen LogP contribution in [0.2, 0.25) is 0 Å². The van der Waals surface area contributed by atoms with Crippen molar-refractivity contribution in [2.75, 3.05) is 13.2 Å². The van der Waals surface area contributed by atoms with Crippen LogP contribution < -0.4 is 0 Å². The maximum atomic E-state index is 12.9. The number of ether oxygens (including phenoxy) is 1. The Morgan fingerprint density at radius 1 is 1.24 bits per heavy atom. The Kier molecular flexibility index (Phi) is 5.39. The average Bonchev–Trinajstić information content (AvgIpc) is 3.00. The third kappa shape index (κ3) is 4.19. The first-order valence-corrected chi connectivity index (χ1v) is 9.24. The summed E-state index contributed by atoms with van der Waals surface area (Å²) in [5.74, 6) is 2.02. The largest absolute Gasteiger partial charge is 0.417 e. The molecule has 0 aliphatic carbocycles. The maximum Gasteiger partial charge on any atom is 0.417 e. The van der Waals surface area contributed by atoms with Gasteiger partial charge in [0.05, 0.1) is 23.6 Å². The zero-order valence-corrected chi connectivity index (χ0v) is 14.4. The molecule has 2 aromatic heterocycles. The summed E-state index contributed by atoms with van der Waals surface area (Å²) >= 11 is 0. The van der Waals surface area contributed by atoms with Crippen molar-refractivity contribution in [1.82, 2.24) is 9.97 Å².